The molecule has 0 aliphatic carbocycles. The average Bonchev–Trinajstić information content (AvgIpc) is 2.85. The summed E-state index contributed by atoms with van der Waals surface area (Å²) in [4.78, 5) is 12.2. The minimum absolute atomic E-state index is 0.257. The summed E-state index contributed by atoms with van der Waals surface area (Å²) in [6.45, 7) is 3.09. The third kappa shape index (κ3) is 3.77. The average molecular weight is 373 g/mol. The summed E-state index contributed by atoms with van der Waals surface area (Å²) in [6, 6.07) is 4.92. The molecule has 21 heavy (non-hydrogen) atoms. The summed E-state index contributed by atoms with van der Waals surface area (Å²) in [5, 5.41) is 7.65. The van der Waals surface area contributed by atoms with Crippen LogP contribution < -0.4 is 10.1 Å². The van der Waals surface area contributed by atoms with E-state index >= 15 is 0 Å². The van der Waals surface area contributed by atoms with Crippen LogP contribution in [-0.2, 0) is 13.1 Å². The molecule has 0 saturated carbocycles. The minimum Gasteiger partial charge on any atom is -0.496 e. The summed E-state index contributed by atoms with van der Waals surface area (Å²) in [7, 11) is 1.51. The highest BCUT2D eigenvalue weighted by molar-refractivity contribution is 9.10. The molecule has 2 rings (SSSR count). The number of ether oxygens (including phenoxy) is 1. The van der Waals surface area contributed by atoms with E-state index in [1.165, 1.54) is 7.11 Å². The Morgan fingerprint density at radius 3 is 2.90 bits per heavy atom. The Hall–Kier alpha value is -1.53. The number of carbonyl (C=O) groups excluding carboxylic acids is 1. The van der Waals surface area contributed by atoms with Gasteiger partial charge in [-0.3, -0.25) is 9.48 Å². The molecule has 0 atom stereocenters. The van der Waals surface area contributed by atoms with Crippen molar-refractivity contribution in [2.45, 2.75) is 20.0 Å². The normalized spacial score (nSPS) is 10.5. The van der Waals surface area contributed by atoms with Crippen molar-refractivity contribution >= 4 is 33.4 Å². The third-order valence-electron chi connectivity index (χ3n) is 2.93. The van der Waals surface area contributed by atoms with Crippen molar-refractivity contribution in [1.29, 1.82) is 0 Å². The van der Waals surface area contributed by atoms with Crippen molar-refractivity contribution in [2.75, 3.05) is 7.11 Å². The fourth-order valence-corrected chi connectivity index (χ4v) is 2.46. The number of aryl methyl sites for hydroxylation is 1. The van der Waals surface area contributed by atoms with Crippen LogP contribution in [0.4, 0.5) is 0 Å². The van der Waals surface area contributed by atoms with Crippen molar-refractivity contribution in [3.8, 4) is 5.75 Å². The summed E-state index contributed by atoms with van der Waals surface area (Å²) < 4.78 is 7.83. The van der Waals surface area contributed by atoms with Crippen LogP contribution in [0.25, 0.3) is 0 Å². The number of carbonyl (C=O) groups is 1. The van der Waals surface area contributed by atoms with Crippen LogP contribution in [0.15, 0.2) is 28.9 Å². The van der Waals surface area contributed by atoms with Crippen LogP contribution in [-0.4, -0.2) is 22.8 Å². The highest BCUT2D eigenvalue weighted by Gasteiger charge is 2.14. The van der Waals surface area contributed by atoms with Gasteiger partial charge in [0.05, 0.1) is 29.4 Å². The van der Waals surface area contributed by atoms with Crippen LogP contribution >= 0.6 is 27.5 Å². The standard InChI is InChI=1S/C14H15BrClN3O2/c1-3-19-8-11(15)12(18-19)7-17-14(20)10-6-9(16)4-5-13(10)21-2/h4-6,8H,3,7H2,1-2H3,(H,17,20). The van der Waals surface area contributed by atoms with Gasteiger partial charge in [0.1, 0.15) is 5.75 Å². The summed E-state index contributed by atoms with van der Waals surface area (Å²) in [5.74, 6) is 0.224. The van der Waals surface area contributed by atoms with Crippen molar-refractivity contribution in [1.82, 2.24) is 15.1 Å². The minimum atomic E-state index is -0.257. The molecule has 0 aliphatic heterocycles. The van der Waals surface area contributed by atoms with Crippen LogP contribution in [0.1, 0.15) is 23.0 Å². The molecule has 112 valence electrons. The topological polar surface area (TPSA) is 56.2 Å². The molecule has 7 heteroatoms. The largest absolute Gasteiger partial charge is 0.496 e. The third-order valence-corrected chi connectivity index (χ3v) is 3.83. The van der Waals surface area contributed by atoms with E-state index < -0.39 is 0 Å². The number of amides is 1. The van der Waals surface area contributed by atoms with Crippen LogP contribution in [0.3, 0.4) is 0 Å². The van der Waals surface area contributed by atoms with Gasteiger partial charge in [-0.2, -0.15) is 5.10 Å². The number of methoxy groups -OCH3 is 1. The van der Waals surface area contributed by atoms with Gasteiger partial charge in [-0.25, -0.2) is 0 Å². The Balaban J connectivity index is 2.11. The predicted octanol–water partition coefficient (Wildman–Crippen LogP) is 3.26. The van der Waals surface area contributed by atoms with Gasteiger partial charge in [0.15, 0.2) is 0 Å². The summed E-state index contributed by atoms with van der Waals surface area (Å²) in [5.41, 5.74) is 1.17. The zero-order valence-corrected chi connectivity index (χ0v) is 14.0. The van der Waals surface area contributed by atoms with Gasteiger partial charge < -0.3 is 10.1 Å². The van der Waals surface area contributed by atoms with Crippen molar-refractivity contribution in [2.24, 2.45) is 0 Å². The Morgan fingerprint density at radius 1 is 1.52 bits per heavy atom. The maximum atomic E-state index is 12.2. The fraction of sp³-hybridized carbons (Fsp3) is 0.286. The lowest BCUT2D eigenvalue weighted by atomic mass is 10.2. The molecule has 1 aromatic heterocycles. The van der Waals surface area contributed by atoms with Gasteiger partial charge in [-0.15, -0.1) is 0 Å². The van der Waals surface area contributed by atoms with Gasteiger partial charge in [0, 0.05) is 17.8 Å². The molecular formula is C14H15BrClN3O2. The molecule has 5 nitrogen and oxygen atoms in total. The molecule has 1 amide bonds. The Labute approximate surface area is 136 Å². The second-order valence-electron chi connectivity index (χ2n) is 4.31. The smallest absolute Gasteiger partial charge is 0.255 e. The SMILES string of the molecule is CCn1cc(Br)c(CNC(=O)c2cc(Cl)ccc2OC)n1. The lowest BCUT2D eigenvalue weighted by molar-refractivity contribution is 0.0947. The molecule has 0 radical (unpaired) electrons. The van der Waals surface area contributed by atoms with Gasteiger partial charge in [0.25, 0.3) is 5.91 Å². The van der Waals surface area contributed by atoms with E-state index in [1.807, 2.05) is 13.1 Å². The van der Waals surface area contributed by atoms with Gasteiger partial charge >= 0.3 is 0 Å². The van der Waals surface area contributed by atoms with Crippen LogP contribution in [0.5, 0.6) is 5.75 Å². The molecule has 0 bridgehead atoms. The predicted molar refractivity (Wildman–Crippen MR) is 84.8 cm³/mol. The maximum Gasteiger partial charge on any atom is 0.255 e. The Kier molecular flexibility index (Phi) is 5.25. The molecule has 1 N–H and O–H groups in total. The molecule has 2 aromatic rings. The number of hydrogen-bond acceptors (Lipinski definition) is 3. The van der Waals surface area contributed by atoms with Gasteiger partial charge in [-0.05, 0) is 41.1 Å². The number of hydrogen-bond donors (Lipinski definition) is 1. The molecule has 0 saturated heterocycles. The van der Waals surface area contributed by atoms with Crippen LogP contribution in [0.2, 0.25) is 5.02 Å². The van der Waals surface area contributed by atoms with E-state index in [1.54, 1.807) is 22.9 Å². The lowest BCUT2D eigenvalue weighted by Gasteiger charge is -2.09. The molecule has 1 aromatic carbocycles. The van der Waals surface area contributed by atoms with Gasteiger partial charge in [-0.1, -0.05) is 11.6 Å². The van der Waals surface area contributed by atoms with E-state index in [2.05, 4.69) is 26.3 Å². The zero-order valence-electron chi connectivity index (χ0n) is 11.7. The first-order chi connectivity index (χ1) is 10.0. The lowest BCUT2D eigenvalue weighted by Crippen LogP contribution is -2.24. The maximum absolute atomic E-state index is 12.2. The van der Waals surface area contributed by atoms with E-state index in [0.29, 0.717) is 22.9 Å². The van der Waals surface area contributed by atoms with E-state index in [-0.39, 0.29) is 5.91 Å². The quantitative estimate of drug-likeness (QED) is 0.876. The summed E-state index contributed by atoms with van der Waals surface area (Å²) in [6.07, 6.45) is 1.88. The van der Waals surface area contributed by atoms with Crippen molar-refractivity contribution in [3.63, 3.8) is 0 Å². The molecule has 0 fully saturated rings. The zero-order chi connectivity index (χ0) is 15.4. The van der Waals surface area contributed by atoms with Gasteiger partial charge in [0.2, 0.25) is 0 Å². The molecule has 0 spiro atoms. The van der Waals surface area contributed by atoms with E-state index in [9.17, 15) is 4.79 Å². The van der Waals surface area contributed by atoms with Crippen LogP contribution in [0, 0.1) is 0 Å². The second-order valence-corrected chi connectivity index (χ2v) is 5.60. The Morgan fingerprint density at radius 2 is 2.29 bits per heavy atom. The Bertz CT molecular complexity index is 658. The highest BCUT2D eigenvalue weighted by atomic mass is 79.9. The first-order valence-corrected chi connectivity index (χ1v) is 7.55. The van der Waals surface area contributed by atoms with Crippen molar-refractivity contribution < 1.29 is 9.53 Å². The summed E-state index contributed by atoms with van der Waals surface area (Å²) >= 11 is 9.35. The number of benzene rings is 1. The first kappa shape index (κ1) is 15.9. The van der Waals surface area contributed by atoms with Crippen molar-refractivity contribution in [3.05, 3.63) is 45.1 Å². The number of nitrogens with zero attached hydrogens (tertiary/aromatic N) is 2. The number of nitrogens with one attached hydrogen (secondary N) is 1. The van der Waals surface area contributed by atoms with E-state index in [4.69, 9.17) is 16.3 Å². The fourth-order valence-electron chi connectivity index (χ4n) is 1.84. The van der Waals surface area contributed by atoms with E-state index in [0.717, 1.165) is 16.7 Å². The number of rotatable bonds is 5. The molecule has 0 aliphatic rings. The second kappa shape index (κ2) is 6.95. The number of aromatic nitrogens is 2. The molecule has 0 unspecified atom stereocenters. The first-order valence-electron chi connectivity index (χ1n) is 6.38. The molecule has 1 heterocycles. The monoisotopic (exact) mass is 371 g/mol. The number of halogens is 2. The highest BCUT2D eigenvalue weighted by Crippen LogP contribution is 2.22. The molecular weight excluding hydrogens is 358 g/mol.